The van der Waals surface area contributed by atoms with Crippen molar-refractivity contribution in [2.75, 3.05) is 0 Å². The fourth-order valence-electron chi connectivity index (χ4n) is 4.80. The van der Waals surface area contributed by atoms with Crippen molar-refractivity contribution < 1.29 is 5.11 Å². The zero-order chi connectivity index (χ0) is 26.3. The summed E-state index contributed by atoms with van der Waals surface area (Å²) >= 11 is 0. The molecule has 1 N–H and O–H groups in total. The summed E-state index contributed by atoms with van der Waals surface area (Å²) in [4.78, 5) is 14.2. The third kappa shape index (κ3) is 4.22. The monoisotopic (exact) mass is 496 g/mol. The number of benzene rings is 3. The van der Waals surface area contributed by atoms with Gasteiger partial charge >= 0.3 is 0 Å². The maximum absolute atomic E-state index is 10.7. The lowest BCUT2D eigenvalue weighted by molar-refractivity contribution is 0.474. The van der Waals surface area contributed by atoms with E-state index in [0.717, 1.165) is 39.1 Å². The molecule has 0 saturated heterocycles. The molecule has 0 radical (unpaired) electrons. The SMILES string of the molecule is CC(C)(C)c1cc(-c2ccccn2)cc(-c2cccc3c2nc(-c2ncccc2O)n3-c2ccccc2)c1. The molecule has 0 amide bonds. The molecular formula is C33H28N4O. The summed E-state index contributed by atoms with van der Waals surface area (Å²) in [5.41, 5.74) is 8.41. The molecule has 5 nitrogen and oxygen atoms in total. The van der Waals surface area contributed by atoms with Gasteiger partial charge in [-0.25, -0.2) is 9.97 Å². The normalized spacial score (nSPS) is 11.7. The van der Waals surface area contributed by atoms with Gasteiger partial charge in [-0.3, -0.25) is 9.55 Å². The first-order chi connectivity index (χ1) is 18.4. The maximum Gasteiger partial charge on any atom is 0.168 e. The molecule has 0 atom stereocenters. The van der Waals surface area contributed by atoms with Crippen LogP contribution in [0.15, 0.2) is 109 Å². The van der Waals surface area contributed by atoms with Crippen molar-refractivity contribution >= 4 is 11.0 Å². The van der Waals surface area contributed by atoms with E-state index in [9.17, 15) is 5.11 Å². The van der Waals surface area contributed by atoms with E-state index in [1.54, 1.807) is 18.3 Å². The molecule has 186 valence electrons. The molecule has 6 rings (SSSR count). The van der Waals surface area contributed by atoms with Gasteiger partial charge in [-0.05, 0) is 71.1 Å². The lowest BCUT2D eigenvalue weighted by atomic mass is 9.83. The predicted molar refractivity (Wildman–Crippen MR) is 153 cm³/mol. The molecule has 6 aromatic rings. The summed E-state index contributed by atoms with van der Waals surface area (Å²) in [5.74, 6) is 0.683. The number of aromatic hydroxyl groups is 1. The van der Waals surface area contributed by atoms with Crippen LogP contribution in [0.25, 0.3) is 50.6 Å². The van der Waals surface area contributed by atoms with Crippen molar-refractivity contribution in [1.29, 1.82) is 0 Å². The van der Waals surface area contributed by atoms with Crippen molar-refractivity contribution in [3.05, 3.63) is 115 Å². The topological polar surface area (TPSA) is 63.8 Å². The summed E-state index contributed by atoms with van der Waals surface area (Å²) in [5, 5.41) is 10.7. The van der Waals surface area contributed by atoms with Gasteiger partial charge in [0, 0.05) is 29.2 Å². The van der Waals surface area contributed by atoms with Crippen molar-refractivity contribution in [2.45, 2.75) is 26.2 Å². The first-order valence-corrected chi connectivity index (χ1v) is 12.7. The molecule has 0 aliphatic rings. The molecule has 3 heterocycles. The number of rotatable bonds is 4. The van der Waals surface area contributed by atoms with Crippen LogP contribution >= 0.6 is 0 Å². The van der Waals surface area contributed by atoms with Gasteiger partial charge in [-0.1, -0.05) is 63.2 Å². The summed E-state index contributed by atoms with van der Waals surface area (Å²) in [6, 6.07) is 32.3. The van der Waals surface area contributed by atoms with E-state index in [-0.39, 0.29) is 11.2 Å². The lowest BCUT2D eigenvalue weighted by Gasteiger charge is -2.21. The van der Waals surface area contributed by atoms with Crippen LogP contribution in [0.5, 0.6) is 5.75 Å². The average Bonchev–Trinajstić information content (AvgIpc) is 3.33. The van der Waals surface area contributed by atoms with Gasteiger partial charge in [-0.2, -0.15) is 0 Å². The highest BCUT2D eigenvalue weighted by Crippen LogP contribution is 2.38. The quantitative estimate of drug-likeness (QED) is 0.270. The van der Waals surface area contributed by atoms with E-state index in [4.69, 9.17) is 4.98 Å². The Morgan fingerprint density at radius 2 is 1.47 bits per heavy atom. The van der Waals surface area contributed by atoms with Gasteiger partial charge in [-0.15, -0.1) is 0 Å². The van der Waals surface area contributed by atoms with E-state index in [0.29, 0.717) is 11.5 Å². The van der Waals surface area contributed by atoms with Gasteiger partial charge in [0.1, 0.15) is 11.4 Å². The highest BCUT2D eigenvalue weighted by Gasteiger charge is 2.22. The number of fused-ring (bicyclic) bond motifs is 1. The minimum atomic E-state index is -0.0538. The first kappa shape index (κ1) is 23.6. The number of hydrogen-bond acceptors (Lipinski definition) is 4. The van der Waals surface area contributed by atoms with E-state index in [1.807, 2.05) is 54.7 Å². The zero-order valence-electron chi connectivity index (χ0n) is 21.6. The van der Waals surface area contributed by atoms with Crippen molar-refractivity contribution in [3.8, 4) is 45.3 Å². The van der Waals surface area contributed by atoms with Gasteiger partial charge < -0.3 is 5.11 Å². The summed E-state index contributed by atoms with van der Waals surface area (Å²) < 4.78 is 2.06. The Balaban J connectivity index is 1.65. The van der Waals surface area contributed by atoms with E-state index in [1.165, 1.54) is 5.56 Å². The van der Waals surface area contributed by atoms with Gasteiger partial charge in [0.2, 0.25) is 0 Å². The second-order valence-electron chi connectivity index (χ2n) is 10.4. The Hall–Kier alpha value is -4.77. The summed E-state index contributed by atoms with van der Waals surface area (Å²) in [7, 11) is 0. The van der Waals surface area contributed by atoms with Crippen molar-refractivity contribution in [2.24, 2.45) is 0 Å². The Morgan fingerprint density at radius 3 is 2.21 bits per heavy atom. The van der Waals surface area contributed by atoms with Gasteiger partial charge in [0.05, 0.1) is 16.7 Å². The lowest BCUT2D eigenvalue weighted by Crippen LogP contribution is -2.11. The minimum absolute atomic E-state index is 0.0538. The third-order valence-corrected chi connectivity index (χ3v) is 6.77. The largest absolute Gasteiger partial charge is 0.506 e. The Labute approximate surface area is 222 Å². The number of imidazole rings is 1. The van der Waals surface area contributed by atoms with Crippen LogP contribution in [-0.4, -0.2) is 24.6 Å². The molecule has 3 aromatic carbocycles. The fourth-order valence-corrected chi connectivity index (χ4v) is 4.80. The summed E-state index contributed by atoms with van der Waals surface area (Å²) in [6.07, 6.45) is 3.50. The Kier molecular flexibility index (Phi) is 5.76. The predicted octanol–water partition coefficient (Wildman–Crippen LogP) is 7.82. The summed E-state index contributed by atoms with van der Waals surface area (Å²) in [6.45, 7) is 6.67. The minimum Gasteiger partial charge on any atom is -0.506 e. The molecule has 5 heteroatoms. The average molecular weight is 497 g/mol. The standard InChI is InChI=1S/C33H28N4O/c1-33(2,3)24-20-22(19-23(21-24)27-14-7-8-17-34-27)26-13-9-15-28-30(26)36-32(31-29(38)16-10-18-35-31)37(28)25-11-5-4-6-12-25/h4-21,38H,1-3H3. The second-order valence-corrected chi connectivity index (χ2v) is 10.4. The molecule has 0 aliphatic heterocycles. The molecule has 3 aromatic heterocycles. The molecule has 0 bridgehead atoms. The third-order valence-electron chi connectivity index (χ3n) is 6.77. The molecular weight excluding hydrogens is 468 g/mol. The van der Waals surface area contributed by atoms with E-state index >= 15 is 0 Å². The van der Waals surface area contributed by atoms with Crippen LogP contribution in [0.3, 0.4) is 0 Å². The number of hydrogen-bond donors (Lipinski definition) is 1. The Morgan fingerprint density at radius 1 is 0.711 bits per heavy atom. The number of para-hydroxylation sites is 2. The smallest absolute Gasteiger partial charge is 0.168 e. The molecule has 38 heavy (non-hydrogen) atoms. The first-order valence-electron chi connectivity index (χ1n) is 12.7. The highest BCUT2D eigenvalue weighted by atomic mass is 16.3. The van der Waals surface area contributed by atoms with Crippen LogP contribution in [0, 0.1) is 0 Å². The number of nitrogens with zero attached hydrogens (tertiary/aromatic N) is 4. The van der Waals surface area contributed by atoms with Crippen LogP contribution in [0.4, 0.5) is 0 Å². The molecule has 0 aliphatic carbocycles. The van der Waals surface area contributed by atoms with Crippen LogP contribution in [0.2, 0.25) is 0 Å². The van der Waals surface area contributed by atoms with Crippen molar-refractivity contribution in [3.63, 3.8) is 0 Å². The maximum atomic E-state index is 10.7. The molecule has 0 fully saturated rings. The van der Waals surface area contributed by atoms with Crippen LogP contribution in [0.1, 0.15) is 26.3 Å². The zero-order valence-corrected chi connectivity index (χ0v) is 21.6. The fraction of sp³-hybridized carbons (Fsp3) is 0.121. The molecule has 0 saturated carbocycles. The molecule has 0 spiro atoms. The van der Waals surface area contributed by atoms with E-state index < -0.39 is 0 Å². The highest BCUT2D eigenvalue weighted by molar-refractivity contribution is 5.96. The van der Waals surface area contributed by atoms with Crippen molar-refractivity contribution in [1.82, 2.24) is 19.5 Å². The van der Waals surface area contributed by atoms with Crippen LogP contribution in [-0.2, 0) is 5.41 Å². The Bertz CT molecular complexity index is 1750. The van der Waals surface area contributed by atoms with Gasteiger partial charge in [0.25, 0.3) is 0 Å². The number of aromatic nitrogens is 4. The second kappa shape index (κ2) is 9.27. The number of pyridine rings is 2. The van der Waals surface area contributed by atoms with Crippen LogP contribution < -0.4 is 0 Å². The van der Waals surface area contributed by atoms with E-state index in [2.05, 4.69) is 71.7 Å². The van der Waals surface area contributed by atoms with Gasteiger partial charge in [0.15, 0.2) is 5.82 Å². The molecule has 0 unspecified atom stereocenters.